The number of hydrogen-bond donors (Lipinski definition) is 1. The summed E-state index contributed by atoms with van der Waals surface area (Å²) in [5, 5.41) is 13.8. The molecule has 5 nitrogen and oxygen atoms in total. The van der Waals surface area contributed by atoms with Gasteiger partial charge >= 0.3 is 0 Å². The van der Waals surface area contributed by atoms with E-state index in [4.69, 9.17) is 9.26 Å². The molecule has 0 spiro atoms. The Morgan fingerprint density at radius 3 is 2.68 bits per heavy atom. The molecule has 2 atom stereocenters. The zero-order chi connectivity index (χ0) is 13.2. The SMILES string of the molecule is COc1ccc(-c2noc(C3CCCC3O)n2)cc1. The van der Waals surface area contributed by atoms with E-state index < -0.39 is 0 Å². The Hall–Kier alpha value is -1.88. The van der Waals surface area contributed by atoms with E-state index in [1.54, 1.807) is 7.11 Å². The van der Waals surface area contributed by atoms with Gasteiger partial charge in [-0.25, -0.2) is 0 Å². The monoisotopic (exact) mass is 260 g/mol. The summed E-state index contributed by atoms with van der Waals surface area (Å²) in [6.45, 7) is 0. The summed E-state index contributed by atoms with van der Waals surface area (Å²) in [7, 11) is 1.63. The van der Waals surface area contributed by atoms with Crippen molar-refractivity contribution in [3.05, 3.63) is 30.2 Å². The van der Waals surface area contributed by atoms with Crippen LogP contribution >= 0.6 is 0 Å². The van der Waals surface area contributed by atoms with E-state index in [0.717, 1.165) is 30.6 Å². The van der Waals surface area contributed by atoms with Crippen molar-refractivity contribution in [1.82, 2.24) is 10.1 Å². The molecule has 100 valence electrons. The van der Waals surface area contributed by atoms with E-state index in [-0.39, 0.29) is 12.0 Å². The molecule has 0 radical (unpaired) electrons. The first kappa shape index (κ1) is 12.2. The molecule has 1 fully saturated rings. The van der Waals surface area contributed by atoms with Crippen LogP contribution in [0.2, 0.25) is 0 Å². The molecule has 1 aromatic heterocycles. The molecule has 1 aromatic carbocycles. The largest absolute Gasteiger partial charge is 0.497 e. The molecule has 0 amide bonds. The van der Waals surface area contributed by atoms with Gasteiger partial charge in [-0.3, -0.25) is 0 Å². The van der Waals surface area contributed by atoms with Gasteiger partial charge in [0, 0.05) is 5.56 Å². The standard InChI is InChI=1S/C14H16N2O3/c1-18-10-7-5-9(6-8-10)13-15-14(19-16-13)11-3-2-4-12(11)17/h5-8,11-12,17H,2-4H2,1H3. The summed E-state index contributed by atoms with van der Waals surface area (Å²) in [6.07, 6.45) is 2.37. The van der Waals surface area contributed by atoms with Gasteiger partial charge in [0.1, 0.15) is 5.75 Å². The first-order valence-corrected chi connectivity index (χ1v) is 6.44. The topological polar surface area (TPSA) is 68.4 Å². The Balaban J connectivity index is 1.83. The highest BCUT2D eigenvalue weighted by molar-refractivity contribution is 5.55. The lowest BCUT2D eigenvalue weighted by Gasteiger charge is -2.07. The summed E-state index contributed by atoms with van der Waals surface area (Å²) < 4.78 is 10.4. The van der Waals surface area contributed by atoms with Crippen molar-refractivity contribution < 1.29 is 14.4 Å². The van der Waals surface area contributed by atoms with Gasteiger partial charge in [-0.1, -0.05) is 5.16 Å². The van der Waals surface area contributed by atoms with Gasteiger partial charge in [-0.15, -0.1) is 0 Å². The van der Waals surface area contributed by atoms with E-state index in [0.29, 0.717) is 11.7 Å². The second kappa shape index (κ2) is 5.01. The molecule has 2 aromatic rings. The highest BCUT2D eigenvalue weighted by Gasteiger charge is 2.31. The van der Waals surface area contributed by atoms with Gasteiger partial charge in [0.25, 0.3) is 0 Å². The predicted molar refractivity (Wildman–Crippen MR) is 68.9 cm³/mol. The van der Waals surface area contributed by atoms with Crippen molar-refractivity contribution in [2.45, 2.75) is 31.3 Å². The zero-order valence-corrected chi connectivity index (χ0v) is 10.7. The minimum Gasteiger partial charge on any atom is -0.497 e. The number of aliphatic hydroxyl groups excluding tert-OH is 1. The summed E-state index contributed by atoms with van der Waals surface area (Å²) in [6, 6.07) is 7.49. The summed E-state index contributed by atoms with van der Waals surface area (Å²) in [4.78, 5) is 4.39. The van der Waals surface area contributed by atoms with Crippen molar-refractivity contribution >= 4 is 0 Å². The lowest BCUT2D eigenvalue weighted by molar-refractivity contribution is 0.148. The molecule has 1 N–H and O–H groups in total. The number of nitrogens with zero attached hydrogens (tertiary/aromatic N) is 2. The number of ether oxygens (including phenoxy) is 1. The molecule has 19 heavy (non-hydrogen) atoms. The van der Waals surface area contributed by atoms with Gasteiger partial charge in [0.05, 0.1) is 19.1 Å². The maximum absolute atomic E-state index is 9.85. The molecule has 0 bridgehead atoms. The van der Waals surface area contributed by atoms with E-state index in [2.05, 4.69) is 10.1 Å². The van der Waals surface area contributed by atoms with Crippen LogP contribution in [0.1, 0.15) is 31.1 Å². The van der Waals surface area contributed by atoms with Crippen molar-refractivity contribution in [3.63, 3.8) is 0 Å². The number of aromatic nitrogens is 2. The first-order valence-electron chi connectivity index (χ1n) is 6.44. The molecule has 1 heterocycles. The fraction of sp³-hybridized carbons (Fsp3) is 0.429. The molecule has 0 saturated heterocycles. The Kier molecular flexibility index (Phi) is 3.21. The highest BCUT2D eigenvalue weighted by atomic mass is 16.5. The highest BCUT2D eigenvalue weighted by Crippen LogP contribution is 2.34. The van der Waals surface area contributed by atoms with Crippen molar-refractivity contribution in [2.24, 2.45) is 0 Å². The Labute approximate surface area is 111 Å². The summed E-state index contributed by atoms with van der Waals surface area (Å²) in [5.74, 6) is 1.87. The van der Waals surface area contributed by atoms with Crippen molar-refractivity contribution in [3.8, 4) is 17.1 Å². The number of methoxy groups -OCH3 is 1. The van der Waals surface area contributed by atoms with E-state index in [9.17, 15) is 5.11 Å². The van der Waals surface area contributed by atoms with E-state index in [1.165, 1.54) is 0 Å². The van der Waals surface area contributed by atoms with Crippen LogP contribution in [0.5, 0.6) is 5.75 Å². The second-order valence-electron chi connectivity index (χ2n) is 4.79. The maximum Gasteiger partial charge on any atom is 0.232 e. The van der Waals surface area contributed by atoms with Gasteiger partial charge in [-0.2, -0.15) is 4.98 Å². The molecule has 5 heteroatoms. The third-order valence-corrected chi connectivity index (χ3v) is 3.59. The first-order chi connectivity index (χ1) is 9.28. The minimum absolute atomic E-state index is 0.0144. The normalized spacial score (nSPS) is 22.6. The lowest BCUT2D eigenvalue weighted by atomic mass is 10.1. The second-order valence-corrected chi connectivity index (χ2v) is 4.79. The zero-order valence-electron chi connectivity index (χ0n) is 10.7. The molecule has 1 aliphatic carbocycles. The molecule has 1 aliphatic rings. The van der Waals surface area contributed by atoms with Crippen LogP contribution in [0.4, 0.5) is 0 Å². The number of benzene rings is 1. The quantitative estimate of drug-likeness (QED) is 0.917. The maximum atomic E-state index is 9.85. The lowest BCUT2D eigenvalue weighted by Crippen LogP contribution is -2.11. The Morgan fingerprint density at radius 1 is 1.26 bits per heavy atom. The minimum atomic E-state index is -0.357. The summed E-state index contributed by atoms with van der Waals surface area (Å²) in [5.41, 5.74) is 0.878. The number of rotatable bonds is 3. The van der Waals surface area contributed by atoms with Crippen LogP contribution in [-0.2, 0) is 0 Å². The molecular formula is C14H16N2O3. The average Bonchev–Trinajstić information content (AvgIpc) is 3.07. The fourth-order valence-electron chi connectivity index (χ4n) is 2.47. The van der Waals surface area contributed by atoms with Crippen LogP contribution in [0, 0.1) is 0 Å². The fourth-order valence-corrected chi connectivity index (χ4v) is 2.47. The van der Waals surface area contributed by atoms with Crippen molar-refractivity contribution in [2.75, 3.05) is 7.11 Å². The number of hydrogen-bond acceptors (Lipinski definition) is 5. The molecule has 2 unspecified atom stereocenters. The Morgan fingerprint density at radius 2 is 2.05 bits per heavy atom. The Bertz CT molecular complexity index is 550. The smallest absolute Gasteiger partial charge is 0.232 e. The average molecular weight is 260 g/mol. The third kappa shape index (κ3) is 2.33. The van der Waals surface area contributed by atoms with Crippen LogP contribution in [0.15, 0.2) is 28.8 Å². The van der Waals surface area contributed by atoms with Gasteiger partial charge in [-0.05, 0) is 43.5 Å². The van der Waals surface area contributed by atoms with Gasteiger partial charge < -0.3 is 14.4 Å². The molecule has 0 aliphatic heterocycles. The van der Waals surface area contributed by atoms with Gasteiger partial charge in [0.15, 0.2) is 0 Å². The van der Waals surface area contributed by atoms with Crippen LogP contribution in [-0.4, -0.2) is 28.5 Å². The van der Waals surface area contributed by atoms with E-state index in [1.807, 2.05) is 24.3 Å². The predicted octanol–water partition coefficient (Wildman–Crippen LogP) is 2.37. The van der Waals surface area contributed by atoms with E-state index >= 15 is 0 Å². The molecular weight excluding hydrogens is 244 g/mol. The van der Waals surface area contributed by atoms with Crippen LogP contribution in [0.3, 0.4) is 0 Å². The van der Waals surface area contributed by atoms with Gasteiger partial charge in [0.2, 0.25) is 11.7 Å². The van der Waals surface area contributed by atoms with Crippen LogP contribution in [0.25, 0.3) is 11.4 Å². The third-order valence-electron chi connectivity index (χ3n) is 3.59. The summed E-state index contributed by atoms with van der Waals surface area (Å²) >= 11 is 0. The number of aliphatic hydroxyl groups is 1. The molecule has 3 rings (SSSR count). The molecule has 1 saturated carbocycles. The van der Waals surface area contributed by atoms with Crippen molar-refractivity contribution in [1.29, 1.82) is 0 Å². The van der Waals surface area contributed by atoms with Crippen LogP contribution < -0.4 is 4.74 Å².